The molecule has 0 saturated heterocycles. The Balaban J connectivity index is 2.04. The van der Waals surface area contributed by atoms with Crippen molar-refractivity contribution in [2.75, 3.05) is 69.1 Å². The maximum absolute atomic E-state index is 5.97. The van der Waals surface area contributed by atoms with Crippen molar-refractivity contribution in [2.24, 2.45) is 0 Å². The minimum Gasteiger partial charge on any atom is -0.374 e. The minimum absolute atomic E-state index is 0.253. The van der Waals surface area contributed by atoms with Gasteiger partial charge in [-0.2, -0.15) is 15.0 Å². The van der Waals surface area contributed by atoms with Crippen LogP contribution in [0, 0.1) is 0 Å². The maximum atomic E-state index is 5.97. The second kappa shape index (κ2) is 33.9. The molecule has 0 spiro atoms. The molecule has 1 aromatic heterocycles. The molecule has 0 aromatic carbocycles. The van der Waals surface area contributed by atoms with Gasteiger partial charge in [-0.05, 0) is 67.2 Å². The van der Waals surface area contributed by atoms with Gasteiger partial charge in [0.05, 0.1) is 0 Å². The second-order valence-electron chi connectivity index (χ2n) is 13.7. The van der Waals surface area contributed by atoms with Gasteiger partial charge in [0.15, 0.2) is 0 Å². The first-order valence-corrected chi connectivity index (χ1v) is 25.6. The van der Waals surface area contributed by atoms with Crippen LogP contribution >= 0.6 is 0 Å². The molecule has 0 unspecified atom stereocenters. The number of nitrogens with one attached hydrogen (secondary N) is 2. The van der Waals surface area contributed by atoms with Crippen LogP contribution in [0.2, 0.25) is 12.1 Å². The number of anilines is 3. The zero-order valence-electron chi connectivity index (χ0n) is 35.1. The lowest BCUT2D eigenvalue weighted by molar-refractivity contribution is 0.0698. The summed E-state index contributed by atoms with van der Waals surface area (Å²) in [5, 5.41) is 6.67. The van der Waals surface area contributed by atoms with Gasteiger partial charge in [-0.1, -0.05) is 103 Å². The van der Waals surface area contributed by atoms with Gasteiger partial charge in [-0.3, -0.25) is 0 Å². The van der Waals surface area contributed by atoms with Crippen LogP contribution in [0.1, 0.15) is 170 Å². The summed E-state index contributed by atoms with van der Waals surface area (Å²) in [6, 6.07) is 1.86. The third kappa shape index (κ3) is 25.4. The van der Waals surface area contributed by atoms with Crippen molar-refractivity contribution < 1.29 is 26.6 Å². The molecular weight excluding hydrogens is 705 g/mol. The van der Waals surface area contributed by atoms with Gasteiger partial charge < -0.3 is 42.9 Å². The van der Waals surface area contributed by atoms with E-state index in [-0.39, 0.29) is 5.95 Å². The highest BCUT2D eigenvalue weighted by atomic mass is 28.4. The summed E-state index contributed by atoms with van der Waals surface area (Å²) in [4.78, 5) is 13.1. The number of rotatable bonds is 40. The molecule has 0 aliphatic rings. The third-order valence-electron chi connectivity index (χ3n) is 9.22. The maximum Gasteiger partial charge on any atom is 0.500 e. The Morgan fingerprint density at radius 3 is 0.887 bits per heavy atom. The van der Waals surface area contributed by atoms with Crippen LogP contribution in [-0.2, 0) is 26.6 Å². The van der Waals surface area contributed by atoms with E-state index in [9.17, 15) is 0 Å². The first kappa shape index (κ1) is 49.6. The topological polar surface area (TPSA) is 144 Å². The molecule has 0 atom stereocenters. The van der Waals surface area contributed by atoms with Crippen LogP contribution in [0.5, 0.6) is 0 Å². The lowest BCUT2D eigenvalue weighted by Crippen LogP contribution is -2.45. The van der Waals surface area contributed by atoms with Gasteiger partial charge in [0, 0.05) is 64.8 Å². The molecule has 53 heavy (non-hydrogen) atoms. The molecule has 0 saturated carbocycles. The van der Waals surface area contributed by atoms with E-state index >= 15 is 0 Å². The average molecular weight is 787 g/mol. The second-order valence-corrected chi connectivity index (χ2v) is 19.2. The molecule has 0 aliphatic heterocycles. The Hall–Kier alpha value is -1.40. The van der Waals surface area contributed by atoms with E-state index in [4.69, 9.17) is 32.3 Å². The van der Waals surface area contributed by atoms with E-state index in [1.807, 2.05) is 41.5 Å². The first-order chi connectivity index (χ1) is 25.9. The average Bonchev–Trinajstić information content (AvgIpc) is 3.12. The number of hydrogen-bond acceptors (Lipinski definition) is 12. The summed E-state index contributed by atoms with van der Waals surface area (Å²) in [5.41, 5.74) is 5.97. The number of hydrogen-bond donors (Lipinski definition) is 3. The molecule has 0 amide bonds. The summed E-state index contributed by atoms with van der Waals surface area (Å²) in [7, 11) is -4.95. The fraction of sp³-hybridized carbons (Fsp3) is 0.923. The normalized spacial score (nSPS) is 12.1. The minimum atomic E-state index is -2.48. The Morgan fingerprint density at radius 2 is 0.623 bits per heavy atom. The van der Waals surface area contributed by atoms with E-state index in [1.54, 1.807) is 0 Å². The van der Waals surface area contributed by atoms with Crippen molar-refractivity contribution >= 4 is 35.5 Å². The van der Waals surface area contributed by atoms with Crippen molar-refractivity contribution in [3.05, 3.63) is 0 Å². The SMILES string of the molecule is CCO[Si](CCCCCCCCCCCCNc1nc(N)nc(NCCCCCCCCCCCC[Si](OCC)(OCC)OCC)n1)(OCC)OCC. The summed E-state index contributed by atoms with van der Waals surface area (Å²) < 4.78 is 35.8. The van der Waals surface area contributed by atoms with E-state index in [0.29, 0.717) is 51.5 Å². The fourth-order valence-electron chi connectivity index (χ4n) is 6.71. The Bertz CT molecular complexity index is 869. The number of nitrogen functional groups attached to an aromatic ring is 1. The molecule has 1 aromatic rings. The van der Waals surface area contributed by atoms with Crippen LogP contribution in [0.15, 0.2) is 0 Å². The van der Waals surface area contributed by atoms with E-state index in [0.717, 1.165) is 50.9 Å². The Kier molecular flexibility index (Phi) is 31.7. The highest BCUT2D eigenvalue weighted by Crippen LogP contribution is 2.22. The van der Waals surface area contributed by atoms with Gasteiger partial charge in [0.2, 0.25) is 17.8 Å². The van der Waals surface area contributed by atoms with Gasteiger partial charge in [-0.15, -0.1) is 0 Å². The van der Waals surface area contributed by atoms with Crippen LogP contribution in [0.4, 0.5) is 17.8 Å². The number of nitrogens with two attached hydrogens (primary N) is 1. The largest absolute Gasteiger partial charge is 0.500 e. The monoisotopic (exact) mass is 787 g/mol. The molecule has 0 aliphatic carbocycles. The van der Waals surface area contributed by atoms with Crippen molar-refractivity contribution in [1.29, 1.82) is 0 Å². The number of nitrogens with zero attached hydrogens (tertiary/aromatic N) is 3. The van der Waals surface area contributed by atoms with Crippen LogP contribution in [0.3, 0.4) is 0 Å². The van der Waals surface area contributed by atoms with Crippen LogP contribution in [0.25, 0.3) is 0 Å². The van der Waals surface area contributed by atoms with E-state index in [2.05, 4.69) is 25.6 Å². The summed E-state index contributed by atoms with van der Waals surface area (Å²) >= 11 is 0. The smallest absolute Gasteiger partial charge is 0.374 e. The van der Waals surface area contributed by atoms with Gasteiger partial charge >= 0.3 is 17.6 Å². The summed E-state index contributed by atoms with van der Waals surface area (Å²) in [5.74, 6) is 1.37. The van der Waals surface area contributed by atoms with Crippen molar-refractivity contribution in [1.82, 2.24) is 15.0 Å². The molecule has 1 heterocycles. The summed E-state index contributed by atoms with van der Waals surface area (Å²) in [6.07, 6.45) is 24.8. The number of unbranched alkanes of at least 4 members (excludes halogenated alkanes) is 18. The molecule has 0 radical (unpaired) electrons. The standard InChI is InChI=1S/C39H82N6O6Si2/c1-7-46-52(47-8-2,48-9-3)35-31-27-23-19-15-13-17-21-25-29-33-41-38-43-37(40)44-39(45-38)42-34-30-26-22-18-14-16-20-24-28-32-36-53(49-10-4,50-11-5)51-12-6/h7-36H2,1-6H3,(H4,40,41,42,43,44,45). The lowest BCUT2D eigenvalue weighted by Gasteiger charge is -2.28. The molecule has 0 fully saturated rings. The molecule has 12 nitrogen and oxygen atoms in total. The fourth-order valence-corrected chi connectivity index (χ4v) is 12.1. The summed E-state index contributed by atoms with van der Waals surface area (Å²) in [6.45, 7) is 17.7. The quantitative estimate of drug-likeness (QED) is 0.0430. The molecule has 4 N–H and O–H groups in total. The highest BCUT2D eigenvalue weighted by Gasteiger charge is 2.40. The molecule has 0 bridgehead atoms. The van der Waals surface area contributed by atoms with Crippen molar-refractivity contribution in [3.8, 4) is 0 Å². The Labute approximate surface area is 327 Å². The van der Waals surface area contributed by atoms with Crippen molar-refractivity contribution in [3.63, 3.8) is 0 Å². The zero-order valence-corrected chi connectivity index (χ0v) is 37.1. The lowest BCUT2D eigenvalue weighted by atomic mass is 10.1. The molecular formula is C39H82N6O6Si2. The predicted octanol–water partition coefficient (Wildman–Crippen LogP) is 10.2. The first-order valence-electron chi connectivity index (χ1n) is 21.7. The zero-order chi connectivity index (χ0) is 38.7. The highest BCUT2D eigenvalue weighted by molar-refractivity contribution is 6.61. The van der Waals surface area contributed by atoms with Gasteiger partial charge in [-0.25, -0.2) is 0 Å². The van der Waals surface area contributed by atoms with Crippen LogP contribution < -0.4 is 16.4 Å². The van der Waals surface area contributed by atoms with Gasteiger partial charge in [0.25, 0.3) is 0 Å². The third-order valence-corrected chi connectivity index (χ3v) is 15.5. The van der Waals surface area contributed by atoms with Gasteiger partial charge in [0.1, 0.15) is 0 Å². The molecule has 1 rings (SSSR count). The van der Waals surface area contributed by atoms with E-state index < -0.39 is 17.6 Å². The van der Waals surface area contributed by atoms with Crippen molar-refractivity contribution in [2.45, 2.75) is 182 Å². The number of aromatic nitrogens is 3. The Morgan fingerprint density at radius 1 is 0.377 bits per heavy atom. The van der Waals surface area contributed by atoms with E-state index in [1.165, 1.54) is 103 Å². The molecule has 14 heteroatoms. The predicted molar refractivity (Wildman–Crippen MR) is 224 cm³/mol. The molecule has 312 valence electrons. The van der Waals surface area contributed by atoms with Crippen LogP contribution in [-0.4, -0.2) is 85.3 Å².